The molecule has 0 aliphatic heterocycles. The highest BCUT2D eigenvalue weighted by Gasteiger charge is 2.15. The zero-order valence-corrected chi connectivity index (χ0v) is 15.8. The molecule has 0 aliphatic rings. The number of aryl methyl sites for hydroxylation is 1. The number of rotatable bonds is 3. The summed E-state index contributed by atoms with van der Waals surface area (Å²) in [5, 5.41) is 0. The summed E-state index contributed by atoms with van der Waals surface area (Å²) in [7, 11) is 0.0314. The lowest BCUT2D eigenvalue weighted by Crippen LogP contribution is -1.96. The van der Waals surface area contributed by atoms with Crippen LogP contribution in [0.5, 0.6) is 0 Å². The van der Waals surface area contributed by atoms with Gasteiger partial charge >= 0.3 is 0 Å². The Hall–Kier alpha value is -1.34. The van der Waals surface area contributed by atoms with Crippen LogP contribution in [0.2, 0.25) is 0 Å². The fraction of sp³-hybridized carbons (Fsp3) is 0.118. The van der Waals surface area contributed by atoms with Crippen molar-refractivity contribution < 1.29 is 8.42 Å². The van der Waals surface area contributed by atoms with Crippen LogP contribution in [0.1, 0.15) is 5.56 Å². The molecule has 23 heavy (non-hydrogen) atoms. The minimum atomic E-state index is -3.18. The van der Waals surface area contributed by atoms with Crippen LogP contribution < -0.4 is 0 Å². The first-order chi connectivity index (χ1) is 10.9. The van der Waals surface area contributed by atoms with Crippen molar-refractivity contribution in [3.63, 3.8) is 0 Å². The fourth-order valence-corrected chi connectivity index (χ4v) is 5.91. The predicted molar refractivity (Wildman–Crippen MR) is 102 cm³/mol. The maximum atomic E-state index is 11.6. The van der Waals surface area contributed by atoms with Crippen molar-refractivity contribution in [3.05, 3.63) is 57.9 Å². The molecule has 0 amide bonds. The highest BCUT2D eigenvalue weighted by atomic mass is 32.9. The number of hydrogen-bond acceptors (Lipinski definition) is 5. The fourth-order valence-electron chi connectivity index (χ4n) is 2.39. The summed E-state index contributed by atoms with van der Waals surface area (Å²) in [6.45, 7) is 2.07. The third-order valence-electron chi connectivity index (χ3n) is 3.59. The van der Waals surface area contributed by atoms with Crippen LogP contribution in [-0.4, -0.2) is 14.7 Å². The van der Waals surface area contributed by atoms with E-state index in [1.54, 1.807) is 32.8 Å². The van der Waals surface area contributed by atoms with Gasteiger partial charge in [0.15, 0.2) is 9.84 Å². The van der Waals surface area contributed by atoms with Crippen molar-refractivity contribution in [2.24, 2.45) is 0 Å². The molecule has 0 radical (unpaired) electrons. The largest absolute Gasteiger partial charge is 0.224 e. The van der Waals surface area contributed by atoms with E-state index < -0.39 is 9.84 Å². The molecule has 0 N–H and O–H groups in total. The molecule has 0 aliphatic carbocycles. The van der Waals surface area contributed by atoms with Gasteiger partial charge in [0.05, 0.1) is 9.77 Å². The summed E-state index contributed by atoms with van der Waals surface area (Å²) in [4.78, 5) is 1.42. The maximum absolute atomic E-state index is 11.6. The highest BCUT2D eigenvalue weighted by molar-refractivity contribution is 7.90. The molecule has 3 aromatic rings. The summed E-state index contributed by atoms with van der Waals surface area (Å²) in [5.41, 5.74) is 4.38. The summed E-state index contributed by atoms with van der Waals surface area (Å²) in [6.07, 6.45) is 1.22. The van der Waals surface area contributed by atoms with Crippen molar-refractivity contribution in [3.8, 4) is 21.6 Å². The molecular weight excluding hydrogens is 364 g/mol. The molecule has 3 rings (SSSR count). The Morgan fingerprint density at radius 3 is 2.22 bits per heavy atom. The first kappa shape index (κ1) is 16.5. The summed E-state index contributed by atoms with van der Waals surface area (Å²) in [6, 6.07) is 15.2. The average molecular weight is 379 g/mol. The minimum Gasteiger partial charge on any atom is -0.224 e. The standard InChI is InChI=1S/C17H14O2S4/c1-11-5-3-4-6-14(11)15-16(21-22-17(15)20)12-7-9-13(10-8-12)23(2,18)19/h3-10H,1-2H3. The lowest BCUT2D eigenvalue weighted by molar-refractivity contribution is 0.602. The number of hydrogen-bond donors (Lipinski definition) is 0. The molecular formula is C17H14O2S4. The molecule has 0 atom stereocenters. The summed E-state index contributed by atoms with van der Waals surface area (Å²) < 4.78 is 24.1. The Kier molecular flexibility index (Phi) is 4.51. The third-order valence-corrected chi connectivity index (χ3v) is 7.79. The van der Waals surface area contributed by atoms with Crippen molar-refractivity contribution in [1.29, 1.82) is 0 Å². The van der Waals surface area contributed by atoms with Crippen LogP contribution in [0.15, 0.2) is 53.4 Å². The lowest BCUT2D eigenvalue weighted by atomic mass is 10.00. The van der Waals surface area contributed by atoms with Crippen LogP contribution >= 0.6 is 32.9 Å². The van der Waals surface area contributed by atoms with Gasteiger partial charge < -0.3 is 0 Å². The zero-order chi connectivity index (χ0) is 16.6. The van der Waals surface area contributed by atoms with Gasteiger partial charge in [0.1, 0.15) is 3.82 Å². The minimum absolute atomic E-state index is 0.331. The van der Waals surface area contributed by atoms with E-state index >= 15 is 0 Å². The molecule has 0 bridgehead atoms. The van der Waals surface area contributed by atoms with Gasteiger partial charge in [0.2, 0.25) is 0 Å². The maximum Gasteiger partial charge on any atom is 0.175 e. The number of benzene rings is 2. The average Bonchev–Trinajstić information content (AvgIpc) is 2.89. The Morgan fingerprint density at radius 1 is 0.957 bits per heavy atom. The SMILES string of the molecule is Cc1ccccc1-c1c(-c2ccc(S(C)(=O)=O)cc2)ssc1=S. The van der Waals surface area contributed by atoms with E-state index in [-0.39, 0.29) is 0 Å². The van der Waals surface area contributed by atoms with E-state index in [9.17, 15) is 8.42 Å². The van der Waals surface area contributed by atoms with Crippen molar-refractivity contribution in [1.82, 2.24) is 0 Å². The van der Waals surface area contributed by atoms with Crippen LogP contribution in [0.3, 0.4) is 0 Å². The molecule has 6 heteroatoms. The molecule has 1 aromatic heterocycles. The molecule has 0 spiro atoms. The molecule has 1 heterocycles. The molecule has 0 saturated heterocycles. The molecule has 0 saturated carbocycles. The Balaban J connectivity index is 2.16. The van der Waals surface area contributed by atoms with Gasteiger partial charge in [-0.2, -0.15) is 0 Å². The van der Waals surface area contributed by atoms with Crippen LogP contribution in [0.25, 0.3) is 21.6 Å². The Morgan fingerprint density at radius 2 is 1.61 bits per heavy atom. The van der Waals surface area contributed by atoms with Crippen molar-refractivity contribution in [2.45, 2.75) is 11.8 Å². The van der Waals surface area contributed by atoms with E-state index in [4.69, 9.17) is 12.2 Å². The molecule has 0 unspecified atom stereocenters. The predicted octanol–water partition coefficient (Wildman–Crippen LogP) is 5.59. The van der Waals surface area contributed by atoms with Crippen LogP contribution in [0.4, 0.5) is 0 Å². The van der Waals surface area contributed by atoms with E-state index in [2.05, 4.69) is 19.1 Å². The lowest BCUT2D eigenvalue weighted by Gasteiger charge is -2.07. The summed E-state index contributed by atoms with van der Waals surface area (Å²) in [5.74, 6) is 0. The van der Waals surface area contributed by atoms with E-state index in [1.807, 2.05) is 24.3 Å². The van der Waals surface area contributed by atoms with Gasteiger partial charge in [-0.25, -0.2) is 8.42 Å². The van der Waals surface area contributed by atoms with E-state index in [0.29, 0.717) is 4.90 Å². The second kappa shape index (κ2) is 6.28. The first-order valence-corrected chi connectivity index (χ1v) is 11.3. The normalized spacial score (nSPS) is 11.6. The van der Waals surface area contributed by atoms with Gasteiger partial charge in [-0.3, -0.25) is 0 Å². The molecule has 2 aromatic carbocycles. The highest BCUT2D eigenvalue weighted by Crippen LogP contribution is 2.42. The Bertz CT molecular complexity index is 1010. The number of sulfone groups is 1. The monoisotopic (exact) mass is 378 g/mol. The van der Waals surface area contributed by atoms with Gasteiger partial charge in [0, 0.05) is 11.8 Å². The van der Waals surface area contributed by atoms with E-state index in [1.165, 1.54) is 11.8 Å². The van der Waals surface area contributed by atoms with Crippen molar-refractivity contribution >= 4 is 42.7 Å². The second-order valence-electron chi connectivity index (χ2n) is 5.27. The van der Waals surface area contributed by atoms with Crippen LogP contribution in [0, 0.1) is 10.7 Å². The molecule has 118 valence electrons. The third kappa shape index (κ3) is 3.30. The van der Waals surface area contributed by atoms with Crippen molar-refractivity contribution in [2.75, 3.05) is 6.26 Å². The zero-order valence-electron chi connectivity index (χ0n) is 12.6. The van der Waals surface area contributed by atoms with Gasteiger partial charge in [0.25, 0.3) is 0 Å². The molecule has 0 fully saturated rings. The molecule has 2 nitrogen and oxygen atoms in total. The quantitative estimate of drug-likeness (QED) is 0.440. The van der Waals surface area contributed by atoms with E-state index in [0.717, 1.165) is 25.4 Å². The first-order valence-electron chi connectivity index (χ1n) is 6.87. The van der Waals surface area contributed by atoms with Gasteiger partial charge in [-0.15, -0.1) is 0 Å². The van der Waals surface area contributed by atoms with Crippen LogP contribution in [-0.2, 0) is 9.84 Å². The Labute approximate surface area is 148 Å². The van der Waals surface area contributed by atoms with Gasteiger partial charge in [-0.1, -0.05) is 69.3 Å². The topological polar surface area (TPSA) is 34.1 Å². The smallest absolute Gasteiger partial charge is 0.175 e. The van der Waals surface area contributed by atoms with Gasteiger partial charge in [-0.05, 0) is 35.7 Å². The summed E-state index contributed by atoms with van der Waals surface area (Å²) >= 11 is 5.53. The second-order valence-corrected chi connectivity index (χ2v) is 10.1.